The Morgan fingerprint density at radius 2 is 2.00 bits per heavy atom. The molecule has 2 aromatic carbocycles. The first-order valence-electron chi connectivity index (χ1n) is 7.21. The van der Waals surface area contributed by atoms with E-state index in [1.807, 2.05) is 0 Å². The predicted octanol–water partition coefficient (Wildman–Crippen LogP) is 3.22. The number of hydrogen-bond donors (Lipinski definition) is 1. The van der Waals surface area contributed by atoms with Crippen LogP contribution in [0.25, 0.3) is 0 Å². The number of rotatable bonds is 3. The highest BCUT2D eigenvalue weighted by atomic mass is 19.1. The fraction of sp³-hybridized carbons (Fsp3) is 0.188. The van der Waals surface area contributed by atoms with E-state index in [-0.39, 0.29) is 18.9 Å². The summed E-state index contributed by atoms with van der Waals surface area (Å²) < 4.78 is 27.2. The largest absolute Gasteiger partial charge is 0.365 e. The number of nitrogens with one attached hydrogen (secondary N) is 1. The van der Waals surface area contributed by atoms with E-state index in [4.69, 9.17) is 0 Å². The first kappa shape index (κ1) is 15.9. The van der Waals surface area contributed by atoms with Gasteiger partial charge < -0.3 is 10.2 Å². The highest BCUT2D eigenvalue weighted by Crippen LogP contribution is 2.31. The van der Waals surface area contributed by atoms with Crippen molar-refractivity contribution in [1.29, 1.82) is 0 Å². The average Bonchev–Trinajstić information content (AvgIpc) is 2.65. The molecule has 3 rings (SSSR count). The summed E-state index contributed by atoms with van der Waals surface area (Å²) in [6, 6.07) is 7.71. The second-order valence-corrected chi connectivity index (χ2v) is 5.42. The smallest absolute Gasteiger partial charge is 0.304 e. The lowest BCUT2D eigenvalue weighted by Gasteiger charge is -2.24. The molecule has 0 aliphatic carbocycles. The Morgan fingerprint density at radius 3 is 2.71 bits per heavy atom. The van der Waals surface area contributed by atoms with E-state index in [0.29, 0.717) is 23.5 Å². The normalized spacial score (nSPS) is 13.9. The van der Waals surface area contributed by atoms with Gasteiger partial charge in [-0.15, -0.1) is 0 Å². The van der Waals surface area contributed by atoms with Crippen LogP contribution in [0.3, 0.4) is 0 Å². The minimum absolute atomic E-state index is 0.200. The number of carbonyl (C=O) groups excluding carboxylic acids is 1. The Labute approximate surface area is 135 Å². The van der Waals surface area contributed by atoms with Crippen LogP contribution >= 0.6 is 0 Å². The fourth-order valence-electron chi connectivity index (χ4n) is 2.64. The van der Waals surface area contributed by atoms with E-state index in [1.54, 1.807) is 4.90 Å². The van der Waals surface area contributed by atoms with Gasteiger partial charge in [-0.2, -0.15) is 4.39 Å². The van der Waals surface area contributed by atoms with Crippen LogP contribution in [0.2, 0.25) is 0 Å². The van der Waals surface area contributed by atoms with Crippen molar-refractivity contribution in [3.63, 3.8) is 0 Å². The van der Waals surface area contributed by atoms with Gasteiger partial charge in [0.1, 0.15) is 5.82 Å². The molecule has 1 aliphatic rings. The molecule has 2 aromatic rings. The Hall–Kier alpha value is -3.03. The first-order valence-corrected chi connectivity index (χ1v) is 7.21. The summed E-state index contributed by atoms with van der Waals surface area (Å²) in [5.74, 6) is -1.63. The van der Waals surface area contributed by atoms with Gasteiger partial charge >= 0.3 is 5.69 Å². The molecular formula is C16H13F2N3O3. The van der Waals surface area contributed by atoms with Crippen LogP contribution in [0.4, 0.5) is 25.8 Å². The van der Waals surface area contributed by atoms with Gasteiger partial charge in [0.2, 0.25) is 11.7 Å². The van der Waals surface area contributed by atoms with Crippen molar-refractivity contribution >= 4 is 23.0 Å². The number of halogens is 2. The minimum Gasteiger partial charge on any atom is -0.365 e. The maximum atomic E-state index is 13.8. The van der Waals surface area contributed by atoms with Crippen LogP contribution in [0.15, 0.2) is 36.4 Å². The summed E-state index contributed by atoms with van der Waals surface area (Å²) in [5.41, 5.74) is 0.887. The molecule has 1 amide bonds. The van der Waals surface area contributed by atoms with Gasteiger partial charge in [-0.05, 0) is 29.8 Å². The topological polar surface area (TPSA) is 75.5 Å². The van der Waals surface area contributed by atoms with Gasteiger partial charge in [0.05, 0.1) is 16.3 Å². The molecule has 0 atom stereocenters. The first-order chi connectivity index (χ1) is 11.4. The Balaban J connectivity index is 1.91. The van der Waals surface area contributed by atoms with Crippen LogP contribution < -0.4 is 10.2 Å². The molecule has 1 aliphatic heterocycles. The number of hydrogen-bond acceptors (Lipinski definition) is 4. The molecule has 1 heterocycles. The van der Waals surface area contributed by atoms with Crippen LogP contribution in [-0.4, -0.2) is 17.4 Å². The molecule has 0 saturated carbocycles. The number of benzene rings is 2. The van der Waals surface area contributed by atoms with E-state index in [9.17, 15) is 23.7 Å². The second kappa shape index (κ2) is 6.23. The van der Waals surface area contributed by atoms with E-state index < -0.39 is 22.2 Å². The zero-order valence-electron chi connectivity index (χ0n) is 12.5. The molecule has 0 unspecified atom stereocenters. The third-order valence-corrected chi connectivity index (χ3v) is 3.76. The molecule has 24 heavy (non-hydrogen) atoms. The number of anilines is 2. The van der Waals surface area contributed by atoms with Crippen LogP contribution in [0.1, 0.15) is 12.0 Å². The molecule has 0 radical (unpaired) electrons. The van der Waals surface area contributed by atoms with Gasteiger partial charge in [-0.3, -0.25) is 14.9 Å². The summed E-state index contributed by atoms with van der Waals surface area (Å²) in [7, 11) is 0. The Bertz CT molecular complexity index is 826. The van der Waals surface area contributed by atoms with Gasteiger partial charge in [0.15, 0.2) is 0 Å². The van der Waals surface area contributed by atoms with Gasteiger partial charge in [0.25, 0.3) is 0 Å². The van der Waals surface area contributed by atoms with Crippen molar-refractivity contribution < 1.29 is 18.5 Å². The molecular weight excluding hydrogens is 320 g/mol. The van der Waals surface area contributed by atoms with E-state index in [0.717, 1.165) is 12.1 Å². The standard InChI is InChI=1S/C16H13F2N3O3/c17-11-2-4-15-13(8-11)19-16(22)5-6-20(15)9-10-1-3-14(21(23)24)12(18)7-10/h1-4,7-8H,5-6,9H2,(H,19,22). The van der Waals surface area contributed by atoms with Crippen LogP contribution in [0, 0.1) is 21.7 Å². The number of fused-ring (bicyclic) bond motifs is 1. The van der Waals surface area contributed by atoms with E-state index >= 15 is 0 Å². The summed E-state index contributed by atoms with van der Waals surface area (Å²) in [4.78, 5) is 23.4. The van der Waals surface area contributed by atoms with Crippen molar-refractivity contribution in [2.24, 2.45) is 0 Å². The highest BCUT2D eigenvalue weighted by Gasteiger charge is 2.21. The van der Waals surface area contributed by atoms with Gasteiger partial charge in [0, 0.05) is 25.6 Å². The molecule has 8 heteroatoms. The molecule has 0 fully saturated rings. The number of carbonyl (C=O) groups is 1. The third-order valence-electron chi connectivity index (χ3n) is 3.76. The quantitative estimate of drug-likeness (QED) is 0.691. The highest BCUT2D eigenvalue weighted by molar-refractivity contribution is 5.96. The lowest BCUT2D eigenvalue weighted by molar-refractivity contribution is -0.387. The maximum absolute atomic E-state index is 13.8. The fourth-order valence-corrected chi connectivity index (χ4v) is 2.64. The SMILES string of the molecule is O=C1CCN(Cc2ccc([N+](=O)[O-])c(F)c2)c2ccc(F)cc2N1. The Kier molecular flexibility index (Phi) is 4.11. The average molecular weight is 333 g/mol. The summed E-state index contributed by atoms with van der Waals surface area (Å²) in [6.45, 7) is 0.603. The molecule has 6 nitrogen and oxygen atoms in total. The van der Waals surface area contributed by atoms with Gasteiger partial charge in [-0.25, -0.2) is 4.39 Å². The summed E-state index contributed by atoms with van der Waals surface area (Å²) >= 11 is 0. The van der Waals surface area contributed by atoms with Crippen molar-refractivity contribution in [2.75, 3.05) is 16.8 Å². The van der Waals surface area contributed by atoms with E-state index in [2.05, 4.69) is 5.32 Å². The molecule has 0 spiro atoms. The Morgan fingerprint density at radius 1 is 1.21 bits per heavy atom. The van der Waals surface area contributed by atoms with Crippen molar-refractivity contribution in [1.82, 2.24) is 0 Å². The van der Waals surface area contributed by atoms with E-state index in [1.165, 1.54) is 24.3 Å². The third kappa shape index (κ3) is 3.17. The summed E-state index contributed by atoms with van der Waals surface area (Å²) in [6.07, 6.45) is 0.200. The monoisotopic (exact) mass is 333 g/mol. The number of nitro groups is 1. The van der Waals surface area contributed by atoms with Crippen LogP contribution in [0.5, 0.6) is 0 Å². The maximum Gasteiger partial charge on any atom is 0.304 e. The molecule has 0 saturated heterocycles. The zero-order valence-corrected chi connectivity index (χ0v) is 12.5. The minimum atomic E-state index is -0.916. The van der Waals surface area contributed by atoms with Crippen molar-refractivity contribution in [3.8, 4) is 0 Å². The number of nitrogens with zero attached hydrogens (tertiary/aromatic N) is 2. The molecule has 0 bridgehead atoms. The number of nitro benzene ring substituents is 1. The van der Waals surface area contributed by atoms with Crippen LogP contribution in [-0.2, 0) is 11.3 Å². The lowest BCUT2D eigenvalue weighted by atomic mass is 10.1. The van der Waals surface area contributed by atoms with Crippen molar-refractivity contribution in [3.05, 3.63) is 63.7 Å². The molecule has 124 valence electrons. The second-order valence-electron chi connectivity index (χ2n) is 5.42. The lowest BCUT2D eigenvalue weighted by Crippen LogP contribution is -2.24. The molecule has 1 N–H and O–H groups in total. The summed E-state index contributed by atoms with van der Waals surface area (Å²) in [5, 5.41) is 13.3. The zero-order chi connectivity index (χ0) is 17.3. The number of amides is 1. The molecule has 0 aromatic heterocycles. The van der Waals surface area contributed by atoms with Gasteiger partial charge in [-0.1, -0.05) is 6.07 Å². The van der Waals surface area contributed by atoms with Crippen molar-refractivity contribution in [2.45, 2.75) is 13.0 Å². The predicted molar refractivity (Wildman–Crippen MR) is 83.8 cm³/mol.